The summed E-state index contributed by atoms with van der Waals surface area (Å²) in [6.45, 7) is 10.1. The van der Waals surface area contributed by atoms with Gasteiger partial charge >= 0.3 is 0 Å². The Bertz CT molecular complexity index is 418. The zero-order chi connectivity index (χ0) is 13.3. The van der Waals surface area contributed by atoms with Gasteiger partial charge in [-0.05, 0) is 59.7 Å². The van der Waals surface area contributed by atoms with Gasteiger partial charge in [0.2, 0.25) is 0 Å². The predicted molar refractivity (Wildman–Crippen MR) is 79.0 cm³/mol. The molecule has 1 nitrogen and oxygen atoms in total. The number of benzene rings is 1. The maximum Gasteiger partial charge on any atom is -0.00714 e. The molecule has 1 unspecified atom stereocenters. The van der Waals surface area contributed by atoms with Crippen molar-refractivity contribution in [1.29, 1.82) is 0 Å². The smallest absolute Gasteiger partial charge is 0.00714 e. The molecule has 0 fully saturated rings. The minimum absolute atomic E-state index is 0.423. The normalized spacial score (nSPS) is 22.0. The highest BCUT2D eigenvalue weighted by Gasteiger charge is 2.31. The highest BCUT2D eigenvalue weighted by Crippen LogP contribution is 2.44. The van der Waals surface area contributed by atoms with Crippen LogP contribution in [-0.2, 0) is 6.42 Å². The van der Waals surface area contributed by atoms with E-state index in [-0.39, 0.29) is 0 Å². The Morgan fingerprint density at radius 3 is 2.67 bits per heavy atom. The molecule has 0 bridgehead atoms. The lowest BCUT2D eigenvalue weighted by Gasteiger charge is -2.37. The van der Waals surface area contributed by atoms with Gasteiger partial charge in [-0.15, -0.1) is 0 Å². The number of hydrogen-bond donors (Lipinski definition) is 1. The Morgan fingerprint density at radius 1 is 1.33 bits per heavy atom. The van der Waals surface area contributed by atoms with Crippen LogP contribution in [0.1, 0.15) is 69.1 Å². The molecule has 1 aromatic rings. The molecule has 1 atom stereocenters. The van der Waals surface area contributed by atoms with E-state index in [0.717, 1.165) is 13.0 Å². The Morgan fingerprint density at radius 2 is 2.06 bits per heavy atom. The van der Waals surface area contributed by atoms with Crippen molar-refractivity contribution in [2.24, 2.45) is 11.1 Å². The fourth-order valence-corrected chi connectivity index (χ4v) is 3.34. The summed E-state index contributed by atoms with van der Waals surface area (Å²) in [5.74, 6) is 1.27. The SMILES string of the molecule is CC(C)c1ccc2c(c1)C(CCN)CC(C)(C)C2. The van der Waals surface area contributed by atoms with Gasteiger partial charge in [0.1, 0.15) is 0 Å². The average Bonchev–Trinajstić information content (AvgIpc) is 2.27. The molecule has 0 radical (unpaired) electrons. The molecule has 0 saturated heterocycles. The number of rotatable bonds is 3. The quantitative estimate of drug-likeness (QED) is 0.848. The molecule has 18 heavy (non-hydrogen) atoms. The highest BCUT2D eigenvalue weighted by atomic mass is 14.5. The molecule has 0 spiro atoms. The summed E-state index contributed by atoms with van der Waals surface area (Å²) in [7, 11) is 0. The molecule has 100 valence electrons. The van der Waals surface area contributed by atoms with Gasteiger partial charge in [-0.2, -0.15) is 0 Å². The van der Waals surface area contributed by atoms with Crippen LogP contribution in [0.5, 0.6) is 0 Å². The molecule has 1 aliphatic rings. The van der Waals surface area contributed by atoms with Gasteiger partial charge in [0.25, 0.3) is 0 Å². The van der Waals surface area contributed by atoms with Crippen molar-refractivity contribution < 1.29 is 0 Å². The minimum atomic E-state index is 0.423. The van der Waals surface area contributed by atoms with E-state index in [1.165, 1.54) is 18.4 Å². The minimum Gasteiger partial charge on any atom is -0.330 e. The molecule has 0 saturated carbocycles. The first-order chi connectivity index (χ1) is 8.43. The predicted octanol–water partition coefficient (Wildman–Crippen LogP) is 4.21. The van der Waals surface area contributed by atoms with Crippen molar-refractivity contribution in [2.45, 2.75) is 58.8 Å². The van der Waals surface area contributed by atoms with E-state index in [1.54, 1.807) is 11.1 Å². The van der Waals surface area contributed by atoms with E-state index >= 15 is 0 Å². The number of nitrogens with two attached hydrogens (primary N) is 1. The van der Waals surface area contributed by atoms with Crippen molar-refractivity contribution in [3.8, 4) is 0 Å². The van der Waals surface area contributed by atoms with Crippen LogP contribution in [0.2, 0.25) is 0 Å². The second-order valence-electron chi connectivity index (χ2n) is 6.93. The molecule has 2 rings (SSSR count). The molecule has 1 aromatic carbocycles. The van der Waals surface area contributed by atoms with Crippen molar-refractivity contribution in [3.05, 3.63) is 34.9 Å². The van der Waals surface area contributed by atoms with Gasteiger partial charge in [0, 0.05) is 0 Å². The molecule has 1 heteroatoms. The fraction of sp³-hybridized carbons (Fsp3) is 0.647. The number of hydrogen-bond acceptors (Lipinski definition) is 1. The maximum absolute atomic E-state index is 5.80. The second-order valence-corrected chi connectivity index (χ2v) is 6.93. The lowest BCUT2D eigenvalue weighted by molar-refractivity contribution is 0.275. The molecule has 0 aromatic heterocycles. The van der Waals surface area contributed by atoms with E-state index in [0.29, 0.717) is 17.3 Å². The lowest BCUT2D eigenvalue weighted by Crippen LogP contribution is -2.27. The van der Waals surface area contributed by atoms with Crippen LogP contribution in [-0.4, -0.2) is 6.54 Å². The van der Waals surface area contributed by atoms with Crippen molar-refractivity contribution in [1.82, 2.24) is 0 Å². The van der Waals surface area contributed by atoms with Crippen molar-refractivity contribution >= 4 is 0 Å². The van der Waals surface area contributed by atoms with Crippen molar-refractivity contribution in [3.63, 3.8) is 0 Å². The van der Waals surface area contributed by atoms with E-state index < -0.39 is 0 Å². The van der Waals surface area contributed by atoms with E-state index in [1.807, 2.05) is 0 Å². The third-order valence-electron chi connectivity index (χ3n) is 4.26. The molecular weight excluding hydrogens is 218 g/mol. The Hall–Kier alpha value is -0.820. The second kappa shape index (κ2) is 5.05. The average molecular weight is 245 g/mol. The Kier molecular flexibility index (Phi) is 3.82. The van der Waals surface area contributed by atoms with Crippen LogP contribution >= 0.6 is 0 Å². The first-order valence-corrected chi connectivity index (χ1v) is 7.26. The topological polar surface area (TPSA) is 26.0 Å². The van der Waals surface area contributed by atoms with Crippen LogP contribution in [0.3, 0.4) is 0 Å². The maximum atomic E-state index is 5.80. The highest BCUT2D eigenvalue weighted by molar-refractivity contribution is 5.38. The summed E-state index contributed by atoms with van der Waals surface area (Å²) in [5.41, 5.74) is 10.8. The molecule has 0 aliphatic heterocycles. The fourth-order valence-electron chi connectivity index (χ4n) is 3.34. The Labute approximate surface area is 112 Å². The molecule has 0 amide bonds. The molecular formula is C17H27N. The summed E-state index contributed by atoms with van der Waals surface area (Å²) in [4.78, 5) is 0. The summed E-state index contributed by atoms with van der Waals surface area (Å²) < 4.78 is 0. The Balaban J connectivity index is 2.40. The third-order valence-corrected chi connectivity index (χ3v) is 4.26. The first-order valence-electron chi connectivity index (χ1n) is 7.26. The van der Waals surface area contributed by atoms with Crippen LogP contribution < -0.4 is 5.73 Å². The monoisotopic (exact) mass is 245 g/mol. The summed E-state index contributed by atoms with van der Waals surface area (Å²) in [6, 6.07) is 7.11. The number of fused-ring (bicyclic) bond motifs is 1. The first kappa shape index (κ1) is 13.6. The van der Waals surface area contributed by atoms with Crippen LogP contribution in [0, 0.1) is 5.41 Å². The van der Waals surface area contributed by atoms with Gasteiger partial charge in [-0.1, -0.05) is 45.9 Å². The molecule has 2 N–H and O–H groups in total. The van der Waals surface area contributed by atoms with E-state index in [9.17, 15) is 0 Å². The van der Waals surface area contributed by atoms with Crippen LogP contribution in [0.4, 0.5) is 0 Å². The van der Waals surface area contributed by atoms with Gasteiger partial charge in [-0.25, -0.2) is 0 Å². The zero-order valence-corrected chi connectivity index (χ0v) is 12.3. The molecule has 0 heterocycles. The van der Waals surface area contributed by atoms with Gasteiger partial charge in [0.15, 0.2) is 0 Å². The standard InChI is InChI=1S/C17H27N/c1-12(2)13-5-6-14-10-17(3,4)11-15(7-8-18)16(14)9-13/h5-6,9,12,15H,7-8,10-11,18H2,1-4H3. The van der Waals surface area contributed by atoms with E-state index in [2.05, 4.69) is 45.9 Å². The van der Waals surface area contributed by atoms with Crippen LogP contribution in [0.25, 0.3) is 0 Å². The van der Waals surface area contributed by atoms with E-state index in [4.69, 9.17) is 5.73 Å². The van der Waals surface area contributed by atoms with Gasteiger partial charge < -0.3 is 5.73 Å². The summed E-state index contributed by atoms with van der Waals surface area (Å²) in [6.07, 6.45) is 3.61. The van der Waals surface area contributed by atoms with Gasteiger partial charge in [0.05, 0.1) is 0 Å². The lowest BCUT2D eigenvalue weighted by atomic mass is 9.68. The summed E-state index contributed by atoms with van der Waals surface area (Å²) in [5, 5.41) is 0. The van der Waals surface area contributed by atoms with Crippen molar-refractivity contribution in [2.75, 3.05) is 6.54 Å². The summed E-state index contributed by atoms with van der Waals surface area (Å²) >= 11 is 0. The largest absolute Gasteiger partial charge is 0.330 e. The zero-order valence-electron chi connectivity index (χ0n) is 12.3. The van der Waals surface area contributed by atoms with Gasteiger partial charge in [-0.3, -0.25) is 0 Å². The third kappa shape index (κ3) is 2.77. The molecule has 1 aliphatic carbocycles. The van der Waals surface area contributed by atoms with Crippen LogP contribution in [0.15, 0.2) is 18.2 Å².